The lowest BCUT2D eigenvalue weighted by Gasteiger charge is -2.70. The summed E-state index contributed by atoms with van der Waals surface area (Å²) < 4.78 is 23.5. The molecule has 4 fully saturated rings. The second-order valence-electron chi connectivity index (χ2n) is 16.8. The zero-order chi connectivity index (χ0) is 35.0. The fourth-order valence-electron chi connectivity index (χ4n) is 11.9. The maximum absolute atomic E-state index is 12.8. The third kappa shape index (κ3) is 6.98. The van der Waals surface area contributed by atoms with Gasteiger partial charge in [-0.3, -0.25) is 19.2 Å². The molecule has 0 spiro atoms. The molecule has 4 aliphatic rings. The lowest BCUT2D eigenvalue weighted by atomic mass is 9.35. The van der Waals surface area contributed by atoms with Gasteiger partial charge in [-0.2, -0.15) is 0 Å². The van der Waals surface area contributed by atoms with Gasteiger partial charge in [-0.05, 0) is 106 Å². The molecule has 4 rings (SSSR count). The number of carbonyl (C=O) groups excluding carboxylic acids is 4. The topological polar surface area (TPSA) is 117 Å². The third-order valence-electron chi connectivity index (χ3n) is 13.9. The van der Waals surface area contributed by atoms with Crippen molar-refractivity contribution in [1.82, 2.24) is 5.32 Å². The molecule has 0 amide bonds. The Balaban J connectivity index is 1.62. The van der Waals surface area contributed by atoms with Crippen molar-refractivity contribution in [1.29, 1.82) is 0 Å². The van der Waals surface area contributed by atoms with E-state index in [-0.39, 0.29) is 69.6 Å². The molecule has 0 saturated heterocycles. The molecule has 47 heavy (non-hydrogen) atoms. The van der Waals surface area contributed by atoms with E-state index in [1.807, 2.05) is 0 Å². The summed E-state index contributed by atoms with van der Waals surface area (Å²) in [6, 6.07) is 0. The minimum absolute atomic E-state index is 0.00442. The van der Waals surface area contributed by atoms with Gasteiger partial charge in [0.15, 0.2) is 0 Å². The molecule has 268 valence electrons. The molecule has 9 nitrogen and oxygen atoms in total. The number of carbonyl (C=O) groups is 4. The van der Waals surface area contributed by atoms with Gasteiger partial charge in [-0.15, -0.1) is 0 Å². The minimum atomic E-state index is -0.718. The summed E-state index contributed by atoms with van der Waals surface area (Å²) in [5.74, 6) is -0.166. The third-order valence-corrected chi connectivity index (χ3v) is 13.9. The van der Waals surface area contributed by atoms with Crippen LogP contribution in [0, 0.1) is 45.3 Å². The highest BCUT2D eigenvalue weighted by molar-refractivity contribution is 5.69. The predicted octanol–water partition coefficient (Wildman–Crippen LogP) is 6.79. The fraction of sp³-hybridized carbons (Fsp3) is 0.895. The first-order valence-corrected chi connectivity index (χ1v) is 18.3. The molecular formula is C38H63NO8. The van der Waals surface area contributed by atoms with Gasteiger partial charge in [0, 0.05) is 44.6 Å². The zero-order valence-corrected chi connectivity index (χ0v) is 30.9. The number of rotatable bonds is 12. The van der Waals surface area contributed by atoms with E-state index in [2.05, 4.69) is 46.9 Å². The summed E-state index contributed by atoms with van der Waals surface area (Å²) in [7, 11) is 0. The molecule has 10 atom stereocenters. The number of esters is 4. The Kier molecular flexibility index (Phi) is 11.2. The second-order valence-corrected chi connectivity index (χ2v) is 16.8. The van der Waals surface area contributed by atoms with Crippen LogP contribution in [0.25, 0.3) is 0 Å². The largest absolute Gasteiger partial charge is 0.466 e. The van der Waals surface area contributed by atoms with Gasteiger partial charge >= 0.3 is 23.9 Å². The Morgan fingerprint density at radius 3 is 2.09 bits per heavy atom. The summed E-state index contributed by atoms with van der Waals surface area (Å²) in [6.45, 7) is 22.0. The SMILES string of the molecule is CCOC(=O)CCNCCCC(C)(OC(C)=O)C1CC[C@]2(C)[C@@H]1C(OC(C)=O)CC1[C@@]3(C)CC[C@H](OC(C)=O)C(C)(C)C3CC[C@]12C. The Bertz CT molecular complexity index is 1190. The van der Waals surface area contributed by atoms with Crippen LogP contribution in [0.15, 0.2) is 0 Å². The van der Waals surface area contributed by atoms with E-state index in [9.17, 15) is 19.2 Å². The molecule has 0 aromatic heterocycles. The van der Waals surface area contributed by atoms with Gasteiger partial charge in [-0.1, -0.05) is 34.6 Å². The highest BCUT2D eigenvalue weighted by atomic mass is 16.6. The lowest BCUT2D eigenvalue weighted by Crippen LogP contribution is -2.67. The number of ether oxygens (including phenoxy) is 4. The average Bonchev–Trinajstić information content (AvgIpc) is 3.33. The average molecular weight is 662 g/mol. The molecule has 0 aromatic carbocycles. The first-order chi connectivity index (χ1) is 21.9. The molecule has 0 radical (unpaired) electrons. The predicted molar refractivity (Wildman–Crippen MR) is 179 cm³/mol. The van der Waals surface area contributed by atoms with Gasteiger partial charge < -0.3 is 24.3 Å². The number of hydrogen-bond acceptors (Lipinski definition) is 9. The fourth-order valence-corrected chi connectivity index (χ4v) is 11.9. The molecule has 4 saturated carbocycles. The summed E-state index contributed by atoms with van der Waals surface area (Å²) in [5, 5.41) is 3.35. The summed E-state index contributed by atoms with van der Waals surface area (Å²) in [6.07, 6.45) is 8.04. The molecule has 0 heterocycles. The van der Waals surface area contributed by atoms with Crippen LogP contribution in [-0.2, 0) is 38.1 Å². The second kappa shape index (κ2) is 14.0. The highest BCUT2D eigenvalue weighted by Crippen LogP contribution is 2.76. The Morgan fingerprint density at radius 1 is 0.809 bits per heavy atom. The molecule has 5 unspecified atom stereocenters. The van der Waals surface area contributed by atoms with Gasteiger partial charge in [0.2, 0.25) is 0 Å². The molecule has 4 aliphatic carbocycles. The van der Waals surface area contributed by atoms with E-state index >= 15 is 0 Å². The van der Waals surface area contributed by atoms with Crippen molar-refractivity contribution < 1.29 is 38.1 Å². The first kappa shape index (κ1) is 37.7. The quantitative estimate of drug-likeness (QED) is 0.137. The van der Waals surface area contributed by atoms with Crippen LogP contribution in [-0.4, -0.2) is 61.4 Å². The molecule has 0 bridgehead atoms. The highest BCUT2D eigenvalue weighted by Gasteiger charge is 2.72. The Labute approximate surface area is 283 Å². The van der Waals surface area contributed by atoms with Crippen molar-refractivity contribution in [2.45, 2.75) is 151 Å². The minimum Gasteiger partial charge on any atom is -0.466 e. The van der Waals surface area contributed by atoms with Crippen LogP contribution in [0.2, 0.25) is 0 Å². The Hall–Kier alpha value is -2.16. The van der Waals surface area contributed by atoms with Gasteiger partial charge in [0.25, 0.3) is 0 Å². The maximum atomic E-state index is 12.8. The van der Waals surface area contributed by atoms with Crippen molar-refractivity contribution in [3.05, 3.63) is 0 Å². The van der Waals surface area contributed by atoms with Crippen LogP contribution in [0.3, 0.4) is 0 Å². The maximum Gasteiger partial charge on any atom is 0.307 e. The van der Waals surface area contributed by atoms with Crippen molar-refractivity contribution in [2.24, 2.45) is 45.3 Å². The zero-order valence-electron chi connectivity index (χ0n) is 30.9. The van der Waals surface area contributed by atoms with Crippen LogP contribution in [0.4, 0.5) is 0 Å². The van der Waals surface area contributed by atoms with Crippen LogP contribution in [0.1, 0.15) is 133 Å². The van der Waals surface area contributed by atoms with Crippen molar-refractivity contribution in [3.8, 4) is 0 Å². The number of hydrogen-bond donors (Lipinski definition) is 1. The van der Waals surface area contributed by atoms with Gasteiger partial charge in [0.05, 0.1) is 13.0 Å². The summed E-state index contributed by atoms with van der Waals surface area (Å²) >= 11 is 0. The molecule has 0 aliphatic heterocycles. The van der Waals surface area contributed by atoms with E-state index in [4.69, 9.17) is 18.9 Å². The molecule has 9 heteroatoms. The number of nitrogens with one attached hydrogen (secondary N) is 1. The molecular weight excluding hydrogens is 598 g/mol. The van der Waals surface area contributed by atoms with E-state index in [1.54, 1.807) is 6.92 Å². The monoisotopic (exact) mass is 661 g/mol. The van der Waals surface area contributed by atoms with E-state index in [0.717, 1.165) is 51.4 Å². The van der Waals surface area contributed by atoms with Crippen LogP contribution >= 0.6 is 0 Å². The summed E-state index contributed by atoms with van der Waals surface area (Å²) in [5.41, 5.74) is -0.990. The molecule has 1 N–H and O–H groups in total. The van der Waals surface area contributed by atoms with Crippen molar-refractivity contribution in [2.75, 3.05) is 19.7 Å². The standard InChI is InChI=1S/C38H63NO8/c1-11-44-32(43)16-22-39-21-12-17-38(10,47-26(4)42)27-13-19-37(9)33(27)28(45-24(2)40)23-30-35(7)18-15-31(46-25(3)41)34(5,6)29(35)14-20-36(30,37)8/h27-31,33,39H,11-23H2,1-10H3/t27?,28?,29?,30?,31-,33-,35-,36+,37+,38?/m0/s1. The van der Waals surface area contributed by atoms with Crippen molar-refractivity contribution >= 4 is 23.9 Å². The first-order valence-electron chi connectivity index (χ1n) is 18.3. The van der Waals surface area contributed by atoms with Gasteiger partial charge in [-0.25, -0.2) is 0 Å². The van der Waals surface area contributed by atoms with E-state index in [1.165, 1.54) is 20.8 Å². The van der Waals surface area contributed by atoms with Gasteiger partial charge in [0.1, 0.15) is 17.8 Å². The van der Waals surface area contributed by atoms with Crippen molar-refractivity contribution in [3.63, 3.8) is 0 Å². The van der Waals surface area contributed by atoms with Crippen LogP contribution in [0.5, 0.6) is 0 Å². The van der Waals surface area contributed by atoms with Crippen LogP contribution < -0.4 is 5.32 Å². The smallest absolute Gasteiger partial charge is 0.307 e. The summed E-state index contributed by atoms with van der Waals surface area (Å²) in [4.78, 5) is 49.2. The normalized spacial score (nSPS) is 38.5. The van der Waals surface area contributed by atoms with E-state index < -0.39 is 5.60 Å². The number of fused-ring (bicyclic) bond motifs is 5. The Morgan fingerprint density at radius 2 is 1.47 bits per heavy atom. The lowest BCUT2D eigenvalue weighted by molar-refractivity contribution is -0.253. The van der Waals surface area contributed by atoms with E-state index in [0.29, 0.717) is 44.4 Å². The molecule has 0 aromatic rings.